The topological polar surface area (TPSA) is 71.5 Å². The predicted octanol–water partition coefficient (Wildman–Crippen LogP) is 3.79. The second-order valence-electron chi connectivity index (χ2n) is 6.58. The third kappa shape index (κ3) is 4.43. The van der Waals surface area contributed by atoms with Gasteiger partial charge in [-0.25, -0.2) is 16.8 Å². The Hall–Kier alpha value is -2.64. The molecule has 3 aromatic carbocycles. The van der Waals surface area contributed by atoms with E-state index in [1.807, 2.05) is 55.5 Å². The Morgan fingerprint density at radius 2 is 1.36 bits per heavy atom. The van der Waals surface area contributed by atoms with Crippen LogP contribution < -0.4 is 4.31 Å². The van der Waals surface area contributed by atoms with Gasteiger partial charge in [0, 0.05) is 6.26 Å². The number of hydrogen-bond acceptors (Lipinski definition) is 4. The van der Waals surface area contributed by atoms with Crippen molar-refractivity contribution in [3.8, 4) is 0 Å². The Kier molecular flexibility index (Phi) is 5.58. The number of rotatable bonds is 6. The number of hydrogen-bond donors (Lipinski definition) is 0. The third-order valence-electron chi connectivity index (χ3n) is 4.30. The largest absolute Gasteiger partial charge is 0.264 e. The normalized spacial score (nSPS) is 11.9. The van der Waals surface area contributed by atoms with E-state index in [-0.39, 0.29) is 16.3 Å². The molecule has 0 saturated heterocycles. The number of aryl methyl sites for hydroxylation is 1. The maximum atomic E-state index is 13.4. The maximum Gasteiger partial charge on any atom is 0.264 e. The van der Waals surface area contributed by atoms with E-state index in [1.54, 1.807) is 6.07 Å². The molecule has 0 fully saturated rings. The van der Waals surface area contributed by atoms with Gasteiger partial charge < -0.3 is 0 Å². The lowest BCUT2D eigenvalue weighted by atomic mass is 10.2. The third-order valence-corrected chi connectivity index (χ3v) is 7.22. The summed E-state index contributed by atoms with van der Waals surface area (Å²) in [6, 6.07) is 21.9. The molecule has 0 spiro atoms. The molecule has 3 aromatic rings. The molecule has 0 radical (unpaired) electrons. The summed E-state index contributed by atoms with van der Waals surface area (Å²) in [6.07, 6.45) is 1.09. The SMILES string of the molecule is Cc1cccc(N(Cc2ccccc2)S(=O)(=O)c2ccc(S(C)(=O)=O)cc2)c1. The molecule has 146 valence electrons. The highest BCUT2D eigenvalue weighted by Crippen LogP contribution is 2.27. The van der Waals surface area contributed by atoms with Crippen LogP contribution in [0, 0.1) is 6.92 Å². The molecule has 0 atom stereocenters. The summed E-state index contributed by atoms with van der Waals surface area (Å²) in [5.41, 5.74) is 2.34. The van der Waals surface area contributed by atoms with Gasteiger partial charge in [-0.1, -0.05) is 42.5 Å². The average Bonchev–Trinajstić information content (AvgIpc) is 2.66. The van der Waals surface area contributed by atoms with Crippen LogP contribution in [-0.2, 0) is 26.4 Å². The highest BCUT2D eigenvalue weighted by atomic mass is 32.2. The van der Waals surface area contributed by atoms with E-state index in [9.17, 15) is 16.8 Å². The lowest BCUT2D eigenvalue weighted by molar-refractivity contribution is 0.589. The average molecular weight is 416 g/mol. The van der Waals surface area contributed by atoms with Gasteiger partial charge in [0.05, 0.1) is 22.0 Å². The van der Waals surface area contributed by atoms with Gasteiger partial charge in [0.25, 0.3) is 10.0 Å². The van der Waals surface area contributed by atoms with E-state index in [1.165, 1.54) is 28.6 Å². The summed E-state index contributed by atoms with van der Waals surface area (Å²) in [5, 5.41) is 0. The summed E-state index contributed by atoms with van der Waals surface area (Å²) in [5.74, 6) is 0. The highest BCUT2D eigenvalue weighted by Gasteiger charge is 2.25. The fraction of sp³-hybridized carbons (Fsp3) is 0.143. The number of nitrogens with zero attached hydrogens (tertiary/aromatic N) is 1. The molecule has 0 saturated carbocycles. The standard InChI is InChI=1S/C21H21NO4S2/c1-17-7-6-10-19(15-17)22(16-18-8-4-3-5-9-18)28(25,26)21-13-11-20(12-14-21)27(2,23)24/h3-15H,16H2,1-2H3. The predicted molar refractivity (Wildman–Crippen MR) is 111 cm³/mol. The molecule has 0 unspecified atom stereocenters. The first-order valence-electron chi connectivity index (χ1n) is 8.61. The molecule has 0 N–H and O–H groups in total. The van der Waals surface area contributed by atoms with E-state index in [4.69, 9.17) is 0 Å². The second kappa shape index (κ2) is 7.77. The molecule has 3 rings (SSSR count). The molecule has 0 aliphatic heterocycles. The molecular formula is C21H21NO4S2. The zero-order valence-electron chi connectivity index (χ0n) is 15.6. The van der Waals surface area contributed by atoms with Crippen LogP contribution in [0.2, 0.25) is 0 Å². The van der Waals surface area contributed by atoms with Gasteiger partial charge in [0.2, 0.25) is 0 Å². The minimum atomic E-state index is -3.89. The molecule has 0 aliphatic carbocycles. The minimum Gasteiger partial charge on any atom is -0.262 e. The van der Waals surface area contributed by atoms with Crippen LogP contribution in [0.4, 0.5) is 5.69 Å². The number of benzene rings is 3. The fourth-order valence-electron chi connectivity index (χ4n) is 2.83. The van der Waals surface area contributed by atoms with Crippen LogP contribution in [0.15, 0.2) is 88.7 Å². The van der Waals surface area contributed by atoms with Gasteiger partial charge in [-0.15, -0.1) is 0 Å². The first-order valence-corrected chi connectivity index (χ1v) is 11.9. The minimum absolute atomic E-state index is 0.0392. The molecule has 0 aliphatic rings. The Bertz CT molecular complexity index is 1170. The zero-order valence-corrected chi connectivity index (χ0v) is 17.2. The smallest absolute Gasteiger partial charge is 0.262 e. The van der Waals surface area contributed by atoms with Crippen molar-refractivity contribution in [2.24, 2.45) is 0 Å². The van der Waals surface area contributed by atoms with Gasteiger partial charge in [-0.2, -0.15) is 0 Å². The van der Waals surface area contributed by atoms with Crippen molar-refractivity contribution in [3.05, 3.63) is 90.0 Å². The Morgan fingerprint density at radius 1 is 0.750 bits per heavy atom. The summed E-state index contributed by atoms with van der Waals surface area (Å²) in [7, 11) is -7.29. The van der Waals surface area contributed by atoms with Crippen LogP contribution in [-0.4, -0.2) is 23.1 Å². The monoisotopic (exact) mass is 415 g/mol. The molecular weight excluding hydrogens is 394 g/mol. The number of sulfonamides is 1. The van der Waals surface area contributed by atoms with Crippen molar-refractivity contribution in [1.82, 2.24) is 0 Å². The van der Waals surface area contributed by atoms with Crippen LogP contribution >= 0.6 is 0 Å². The molecule has 0 heterocycles. The first kappa shape index (κ1) is 20.1. The fourth-order valence-corrected chi connectivity index (χ4v) is 4.91. The van der Waals surface area contributed by atoms with E-state index >= 15 is 0 Å². The van der Waals surface area contributed by atoms with E-state index in [0.717, 1.165) is 17.4 Å². The van der Waals surface area contributed by atoms with Gasteiger partial charge >= 0.3 is 0 Å². The molecule has 5 nitrogen and oxygen atoms in total. The zero-order chi connectivity index (χ0) is 20.4. The van der Waals surface area contributed by atoms with E-state index in [2.05, 4.69) is 0 Å². The Morgan fingerprint density at radius 3 is 1.93 bits per heavy atom. The van der Waals surface area contributed by atoms with Crippen molar-refractivity contribution < 1.29 is 16.8 Å². The summed E-state index contributed by atoms with van der Waals surface area (Å²) in [6.45, 7) is 2.07. The van der Waals surface area contributed by atoms with Crippen LogP contribution in [0.1, 0.15) is 11.1 Å². The summed E-state index contributed by atoms with van der Waals surface area (Å²) in [4.78, 5) is 0.119. The van der Waals surface area contributed by atoms with Crippen molar-refractivity contribution in [3.63, 3.8) is 0 Å². The van der Waals surface area contributed by atoms with Gasteiger partial charge in [0.15, 0.2) is 9.84 Å². The molecule has 0 bridgehead atoms. The molecule has 28 heavy (non-hydrogen) atoms. The van der Waals surface area contributed by atoms with Crippen LogP contribution in [0.25, 0.3) is 0 Å². The van der Waals surface area contributed by atoms with Gasteiger partial charge in [-0.05, 0) is 54.4 Å². The summed E-state index contributed by atoms with van der Waals surface area (Å²) >= 11 is 0. The first-order chi connectivity index (χ1) is 13.2. The quantitative estimate of drug-likeness (QED) is 0.614. The second-order valence-corrected chi connectivity index (χ2v) is 10.5. The lowest BCUT2D eigenvalue weighted by Crippen LogP contribution is -2.30. The van der Waals surface area contributed by atoms with Crippen molar-refractivity contribution in [2.45, 2.75) is 23.3 Å². The van der Waals surface area contributed by atoms with E-state index in [0.29, 0.717) is 5.69 Å². The van der Waals surface area contributed by atoms with Crippen molar-refractivity contribution in [1.29, 1.82) is 0 Å². The maximum absolute atomic E-state index is 13.4. The summed E-state index contributed by atoms with van der Waals surface area (Å²) < 4.78 is 51.4. The molecule has 0 amide bonds. The Balaban J connectivity index is 2.07. The van der Waals surface area contributed by atoms with Crippen LogP contribution in [0.5, 0.6) is 0 Å². The Labute approximate surface area is 166 Å². The molecule has 7 heteroatoms. The van der Waals surface area contributed by atoms with Gasteiger partial charge in [-0.3, -0.25) is 4.31 Å². The van der Waals surface area contributed by atoms with Gasteiger partial charge in [0.1, 0.15) is 0 Å². The van der Waals surface area contributed by atoms with Crippen molar-refractivity contribution in [2.75, 3.05) is 10.6 Å². The number of sulfone groups is 1. The lowest BCUT2D eigenvalue weighted by Gasteiger charge is -2.25. The van der Waals surface area contributed by atoms with Crippen molar-refractivity contribution >= 4 is 25.5 Å². The van der Waals surface area contributed by atoms with E-state index < -0.39 is 19.9 Å². The highest BCUT2D eigenvalue weighted by molar-refractivity contribution is 7.92. The molecule has 0 aromatic heterocycles. The van der Waals surface area contributed by atoms with Crippen LogP contribution in [0.3, 0.4) is 0 Å². The number of anilines is 1.